The summed E-state index contributed by atoms with van der Waals surface area (Å²) in [5.41, 5.74) is 0. The van der Waals surface area contributed by atoms with Gasteiger partial charge >= 0.3 is 0 Å². The Labute approximate surface area is 126 Å². The first-order valence-corrected chi connectivity index (χ1v) is 7.43. The molecule has 0 saturated heterocycles. The number of methoxy groups -OCH3 is 1. The van der Waals surface area contributed by atoms with E-state index in [9.17, 15) is 0 Å². The Morgan fingerprint density at radius 1 is 1.29 bits per heavy atom. The summed E-state index contributed by atoms with van der Waals surface area (Å²) >= 11 is 0. The molecule has 0 amide bonds. The normalized spacial score (nSPS) is 12.0. The molecule has 0 aliphatic rings. The van der Waals surface area contributed by atoms with Crippen LogP contribution in [0.2, 0.25) is 0 Å². The summed E-state index contributed by atoms with van der Waals surface area (Å²) in [6.45, 7) is 6.50. The topological polar surface area (TPSA) is 84.6 Å². The van der Waals surface area contributed by atoms with Crippen molar-refractivity contribution in [1.82, 2.24) is 20.8 Å². The molecule has 0 aromatic carbocycles. The molecule has 1 rings (SSSR count). The average Bonchev–Trinajstić information content (AvgIpc) is 2.94. The number of rotatable bonds is 9. The third kappa shape index (κ3) is 7.08. The number of hydrogen-bond donors (Lipinski definition) is 2. The van der Waals surface area contributed by atoms with Crippen molar-refractivity contribution in [3.8, 4) is 0 Å². The van der Waals surface area contributed by atoms with E-state index in [1.807, 2.05) is 0 Å². The van der Waals surface area contributed by atoms with E-state index in [1.54, 1.807) is 14.2 Å². The molecule has 0 atom stereocenters. The fourth-order valence-corrected chi connectivity index (χ4v) is 1.69. The van der Waals surface area contributed by atoms with E-state index in [0.717, 1.165) is 50.7 Å². The Morgan fingerprint density at radius 3 is 2.57 bits per heavy atom. The van der Waals surface area contributed by atoms with Crippen LogP contribution in [0.25, 0.3) is 0 Å². The second-order valence-electron chi connectivity index (χ2n) is 5.08. The van der Waals surface area contributed by atoms with E-state index in [-0.39, 0.29) is 0 Å². The minimum atomic E-state index is 0.302. The van der Waals surface area contributed by atoms with Gasteiger partial charge in [-0.1, -0.05) is 19.0 Å². The van der Waals surface area contributed by atoms with Crippen LogP contribution in [-0.4, -0.2) is 50.0 Å². The quantitative estimate of drug-likeness (QED) is 0.406. The monoisotopic (exact) mass is 297 g/mol. The largest absolute Gasteiger partial charge is 0.385 e. The van der Waals surface area contributed by atoms with Crippen LogP contribution < -0.4 is 10.6 Å². The molecule has 0 radical (unpaired) electrons. The standard InChI is InChI=1S/C14H27N5O2/c1-11(2)13-18-12(21-19-13)7-5-8-16-14(15-3)17-9-6-10-20-4/h11H,5-10H2,1-4H3,(H2,15,16,17). The van der Waals surface area contributed by atoms with Gasteiger partial charge in [-0.25, -0.2) is 0 Å². The molecule has 21 heavy (non-hydrogen) atoms. The molecule has 0 aliphatic carbocycles. The number of aryl methyl sites for hydroxylation is 1. The summed E-state index contributed by atoms with van der Waals surface area (Å²) in [5.74, 6) is 2.58. The van der Waals surface area contributed by atoms with Crippen molar-refractivity contribution >= 4 is 5.96 Å². The summed E-state index contributed by atoms with van der Waals surface area (Å²) in [6, 6.07) is 0. The van der Waals surface area contributed by atoms with E-state index in [0.29, 0.717) is 11.8 Å². The molecular weight excluding hydrogens is 270 g/mol. The molecular formula is C14H27N5O2. The summed E-state index contributed by atoms with van der Waals surface area (Å²) < 4.78 is 10.2. The highest BCUT2D eigenvalue weighted by molar-refractivity contribution is 5.79. The third-order valence-electron chi connectivity index (χ3n) is 2.90. The lowest BCUT2D eigenvalue weighted by atomic mass is 10.2. The number of hydrogen-bond acceptors (Lipinski definition) is 5. The number of nitrogens with one attached hydrogen (secondary N) is 2. The van der Waals surface area contributed by atoms with Gasteiger partial charge in [0.1, 0.15) is 0 Å². The van der Waals surface area contributed by atoms with Crippen LogP contribution in [0, 0.1) is 0 Å². The lowest BCUT2D eigenvalue weighted by Gasteiger charge is -2.10. The average molecular weight is 297 g/mol. The summed E-state index contributed by atoms with van der Waals surface area (Å²) in [4.78, 5) is 8.51. The van der Waals surface area contributed by atoms with Gasteiger partial charge < -0.3 is 19.9 Å². The molecule has 0 fully saturated rings. The number of guanidine groups is 1. The van der Waals surface area contributed by atoms with Crippen molar-refractivity contribution in [3.05, 3.63) is 11.7 Å². The van der Waals surface area contributed by atoms with Crippen molar-refractivity contribution in [1.29, 1.82) is 0 Å². The molecule has 0 saturated carbocycles. The molecule has 0 unspecified atom stereocenters. The fraction of sp³-hybridized carbons (Fsp3) is 0.786. The van der Waals surface area contributed by atoms with Gasteiger partial charge in [0.05, 0.1) is 0 Å². The minimum absolute atomic E-state index is 0.302. The van der Waals surface area contributed by atoms with Crippen molar-refractivity contribution in [2.45, 2.75) is 39.0 Å². The Bertz CT molecular complexity index is 417. The molecule has 1 aromatic rings. The number of aromatic nitrogens is 2. The molecule has 0 spiro atoms. The molecule has 7 nitrogen and oxygen atoms in total. The van der Waals surface area contributed by atoms with Crippen LogP contribution in [0.1, 0.15) is 44.3 Å². The lowest BCUT2D eigenvalue weighted by molar-refractivity contribution is 0.195. The highest BCUT2D eigenvalue weighted by Crippen LogP contribution is 2.10. The van der Waals surface area contributed by atoms with Crippen molar-refractivity contribution in [3.63, 3.8) is 0 Å². The molecule has 7 heteroatoms. The zero-order valence-corrected chi connectivity index (χ0v) is 13.5. The predicted octanol–water partition coefficient (Wildman–Crippen LogP) is 1.33. The second kappa shape index (κ2) is 10.1. The van der Waals surface area contributed by atoms with Gasteiger partial charge in [-0.05, 0) is 12.8 Å². The third-order valence-corrected chi connectivity index (χ3v) is 2.90. The first-order chi connectivity index (χ1) is 10.2. The van der Waals surface area contributed by atoms with Gasteiger partial charge in [-0.15, -0.1) is 0 Å². The second-order valence-corrected chi connectivity index (χ2v) is 5.08. The smallest absolute Gasteiger partial charge is 0.226 e. The number of aliphatic imine (C=N–C) groups is 1. The zero-order valence-electron chi connectivity index (χ0n) is 13.5. The summed E-state index contributed by atoms with van der Waals surface area (Å²) in [5, 5.41) is 10.4. The van der Waals surface area contributed by atoms with E-state index >= 15 is 0 Å². The maximum Gasteiger partial charge on any atom is 0.226 e. The Morgan fingerprint density at radius 2 is 2.00 bits per heavy atom. The molecule has 1 heterocycles. The van der Waals surface area contributed by atoms with E-state index in [4.69, 9.17) is 9.26 Å². The fourth-order valence-electron chi connectivity index (χ4n) is 1.69. The van der Waals surface area contributed by atoms with Crippen LogP contribution in [0.15, 0.2) is 9.52 Å². The van der Waals surface area contributed by atoms with Gasteiger partial charge in [0.2, 0.25) is 5.89 Å². The van der Waals surface area contributed by atoms with Crippen molar-refractivity contribution < 1.29 is 9.26 Å². The highest BCUT2D eigenvalue weighted by Gasteiger charge is 2.09. The maximum absolute atomic E-state index is 5.20. The van der Waals surface area contributed by atoms with Gasteiger partial charge in [0, 0.05) is 46.2 Å². The molecule has 0 bridgehead atoms. The molecule has 2 N–H and O–H groups in total. The van der Waals surface area contributed by atoms with Crippen LogP contribution in [0.4, 0.5) is 0 Å². The lowest BCUT2D eigenvalue weighted by Crippen LogP contribution is -2.38. The maximum atomic E-state index is 5.20. The van der Waals surface area contributed by atoms with Gasteiger partial charge in [-0.2, -0.15) is 4.98 Å². The van der Waals surface area contributed by atoms with E-state index in [2.05, 4.69) is 39.6 Å². The van der Waals surface area contributed by atoms with Crippen LogP contribution in [0.5, 0.6) is 0 Å². The first kappa shape index (κ1) is 17.4. The van der Waals surface area contributed by atoms with E-state index in [1.165, 1.54) is 0 Å². The van der Waals surface area contributed by atoms with Crippen LogP contribution >= 0.6 is 0 Å². The molecule has 0 aliphatic heterocycles. The predicted molar refractivity (Wildman–Crippen MR) is 82.6 cm³/mol. The van der Waals surface area contributed by atoms with Crippen molar-refractivity contribution in [2.24, 2.45) is 4.99 Å². The van der Waals surface area contributed by atoms with Gasteiger partial charge in [-0.3, -0.25) is 4.99 Å². The highest BCUT2D eigenvalue weighted by atomic mass is 16.5. The summed E-state index contributed by atoms with van der Waals surface area (Å²) in [7, 11) is 3.47. The van der Waals surface area contributed by atoms with Crippen molar-refractivity contribution in [2.75, 3.05) is 33.9 Å². The summed E-state index contributed by atoms with van der Waals surface area (Å²) in [6.07, 6.45) is 2.64. The van der Waals surface area contributed by atoms with Gasteiger partial charge in [0.15, 0.2) is 11.8 Å². The number of ether oxygens (including phenoxy) is 1. The van der Waals surface area contributed by atoms with Gasteiger partial charge in [0.25, 0.3) is 0 Å². The van der Waals surface area contributed by atoms with E-state index < -0.39 is 0 Å². The Balaban J connectivity index is 2.16. The van der Waals surface area contributed by atoms with Crippen LogP contribution in [0.3, 0.4) is 0 Å². The van der Waals surface area contributed by atoms with Crippen LogP contribution in [-0.2, 0) is 11.2 Å². The minimum Gasteiger partial charge on any atom is -0.385 e. The Kier molecular flexibility index (Phi) is 8.42. The SMILES string of the molecule is CN=C(NCCCOC)NCCCc1nc(C(C)C)no1. The number of nitrogens with zero attached hydrogens (tertiary/aromatic N) is 3. The molecule has 1 aromatic heterocycles. The molecule has 120 valence electrons. The Hall–Kier alpha value is -1.63. The zero-order chi connectivity index (χ0) is 15.5. The first-order valence-electron chi connectivity index (χ1n) is 7.43.